The normalized spacial score (nSPS) is 22.1. The second kappa shape index (κ2) is 6.36. The highest BCUT2D eigenvalue weighted by Crippen LogP contribution is 2.34. The molecular formula is C16H20N2O5. The summed E-state index contributed by atoms with van der Waals surface area (Å²) < 4.78 is 15.9. The summed E-state index contributed by atoms with van der Waals surface area (Å²) in [6.45, 7) is 2.55. The van der Waals surface area contributed by atoms with Gasteiger partial charge in [0.1, 0.15) is 24.2 Å². The van der Waals surface area contributed by atoms with Crippen LogP contribution in [0, 0.1) is 0 Å². The highest BCUT2D eigenvalue weighted by Gasteiger charge is 2.25. The standard InChI is InChI=1S/C16H20N2O5/c1-9-3-10-4-13(21-2)11(5-14(10)23-9)7-17-16(20)18-12-6-15(19)22-8-12/h4-5,9,12H,3,6-8H2,1-2H3,(H2,17,18,20)/t9?,12-/m0/s1. The molecule has 7 heteroatoms. The Kier molecular flexibility index (Phi) is 4.27. The minimum Gasteiger partial charge on any atom is -0.496 e. The lowest BCUT2D eigenvalue weighted by atomic mass is 10.1. The van der Waals surface area contributed by atoms with E-state index >= 15 is 0 Å². The van der Waals surface area contributed by atoms with Gasteiger partial charge in [0, 0.05) is 24.1 Å². The van der Waals surface area contributed by atoms with E-state index in [1.807, 2.05) is 19.1 Å². The number of urea groups is 1. The Morgan fingerprint density at radius 2 is 2.22 bits per heavy atom. The van der Waals surface area contributed by atoms with E-state index in [2.05, 4.69) is 10.6 Å². The van der Waals surface area contributed by atoms with Gasteiger partial charge in [-0.2, -0.15) is 0 Å². The molecule has 2 amide bonds. The van der Waals surface area contributed by atoms with E-state index in [4.69, 9.17) is 14.2 Å². The second-order valence-corrected chi connectivity index (χ2v) is 5.82. The number of benzene rings is 1. The second-order valence-electron chi connectivity index (χ2n) is 5.82. The third-order valence-corrected chi connectivity index (χ3v) is 3.93. The molecule has 0 bridgehead atoms. The van der Waals surface area contributed by atoms with E-state index in [0.29, 0.717) is 6.54 Å². The monoisotopic (exact) mass is 320 g/mol. The molecule has 2 aliphatic rings. The van der Waals surface area contributed by atoms with Crippen molar-refractivity contribution in [3.63, 3.8) is 0 Å². The van der Waals surface area contributed by atoms with Crippen LogP contribution in [0.5, 0.6) is 11.5 Å². The fourth-order valence-electron chi connectivity index (χ4n) is 2.83. The Morgan fingerprint density at radius 3 is 2.91 bits per heavy atom. The number of fused-ring (bicyclic) bond motifs is 1. The van der Waals surface area contributed by atoms with Gasteiger partial charge in [0.2, 0.25) is 0 Å². The van der Waals surface area contributed by atoms with Crippen LogP contribution < -0.4 is 20.1 Å². The lowest BCUT2D eigenvalue weighted by molar-refractivity contribution is -0.137. The summed E-state index contributed by atoms with van der Waals surface area (Å²) in [5.41, 5.74) is 1.96. The van der Waals surface area contributed by atoms with Gasteiger partial charge in [-0.25, -0.2) is 4.79 Å². The van der Waals surface area contributed by atoms with Gasteiger partial charge in [-0.15, -0.1) is 0 Å². The molecule has 1 saturated heterocycles. The SMILES string of the molecule is COc1cc2c(cc1CNC(=O)N[C@@H]1COC(=O)C1)OC(C)C2. The molecular weight excluding hydrogens is 300 g/mol. The van der Waals surface area contributed by atoms with Crippen molar-refractivity contribution < 1.29 is 23.8 Å². The molecule has 0 spiro atoms. The van der Waals surface area contributed by atoms with Crippen LogP contribution in [0.4, 0.5) is 4.79 Å². The Hall–Kier alpha value is -2.44. The van der Waals surface area contributed by atoms with Gasteiger partial charge in [0.05, 0.1) is 19.6 Å². The van der Waals surface area contributed by atoms with E-state index in [9.17, 15) is 9.59 Å². The predicted octanol–water partition coefficient (Wildman–Crippen LogP) is 1.13. The number of cyclic esters (lactones) is 1. The molecule has 0 aromatic heterocycles. The maximum absolute atomic E-state index is 11.9. The van der Waals surface area contributed by atoms with Gasteiger partial charge in [0.25, 0.3) is 0 Å². The van der Waals surface area contributed by atoms with Crippen LogP contribution in [-0.2, 0) is 22.5 Å². The maximum Gasteiger partial charge on any atom is 0.315 e. The molecule has 1 unspecified atom stereocenters. The Labute approximate surface area is 134 Å². The molecule has 2 atom stereocenters. The van der Waals surface area contributed by atoms with Crippen LogP contribution in [-0.4, -0.2) is 37.9 Å². The first-order valence-corrected chi connectivity index (χ1v) is 7.61. The third-order valence-electron chi connectivity index (χ3n) is 3.93. The largest absolute Gasteiger partial charge is 0.496 e. The molecule has 0 aliphatic carbocycles. The van der Waals surface area contributed by atoms with E-state index in [0.717, 1.165) is 29.0 Å². The number of carbonyl (C=O) groups excluding carboxylic acids is 2. The molecule has 3 rings (SSSR count). The molecule has 23 heavy (non-hydrogen) atoms. The molecule has 0 radical (unpaired) electrons. The number of nitrogens with one attached hydrogen (secondary N) is 2. The van der Waals surface area contributed by atoms with Gasteiger partial charge in [-0.3, -0.25) is 4.79 Å². The van der Waals surface area contributed by atoms with Crippen LogP contribution >= 0.6 is 0 Å². The summed E-state index contributed by atoms with van der Waals surface area (Å²) in [7, 11) is 1.60. The van der Waals surface area contributed by atoms with Crippen LogP contribution in [0.25, 0.3) is 0 Å². The number of carbonyl (C=O) groups is 2. The van der Waals surface area contributed by atoms with Crippen LogP contribution in [0.2, 0.25) is 0 Å². The zero-order valence-corrected chi connectivity index (χ0v) is 13.2. The Balaban J connectivity index is 1.60. The summed E-state index contributed by atoms with van der Waals surface area (Å²) in [6.07, 6.45) is 1.22. The molecule has 2 N–H and O–H groups in total. The maximum atomic E-state index is 11.9. The average molecular weight is 320 g/mol. The van der Waals surface area contributed by atoms with Crippen LogP contribution in [0.3, 0.4) is 0 Å². The molecule has 124 valence electrons. The van der Waals surface area contributed by atoms with Crippen molar-refractivity contribution >= 4 is 12.0 Å². The molecule has 1 aromatic carbocycles. The minimum absolute atomic E-state index is 0.154. The first-order chi connectivity index (χ1) is 11.0. The van der Waals surface area contributed by atoms with Gasteiger partial charge in [-0.1, -0.05) is 0 Å². The fraction of sp³-hybridized carbons (Fsp3) is 0.500. The molecule has 2 heterocycles. The lowest BCUT2D eigenvalue weighted by Crippen LogP contribution is -2.42. The van der Waals surface area contributed by atoms with E-state index in [1.54, 1.807) is 7.11 Å². The smallest absolute Gasteiger partial charge is 0.315 e. The molecule has 2 aliphatic heterocycles. The highest BCUT2D eigenvalue weighted by molar-refractivity contribution is 5.77. The molecule has 1 aromatic rings. The summed E-state index contributed by atoms with van der Waals surface area (Å²) in [6, 6.07) is 3.25. The van der Waals surface area contributed by atoms with Gasteiger partial charge < -0.3 is 24.8 Å². The van der Waals surface area contributed by atoms with E-state index in [-0.39, 0.29) is 37.2 Å². The zero-order valence-electron chi connectivity index (χ0n) is 13.2. The van der Waals surface area contributed by atoms with Gasteiger partial charge in [0.15, 0.2) is 0 Å². The van der Waals surface area contributed by atoms with Crippen molar-refractivity contribution in [3.8, 4) is 11.5 Å². The van der Waals surface area contributed by atoms with Crippen molar-refractivity contribution in [1.29, 1.82) is 0 Å². The fourth-order valence-corrected chi connectivity index (χ4v) is 2.83. The van der Waals surface area contributed by atoms with E-state index < -0.39 is 0 Å². The minimum atomic E-state index is -0.342. The number of hydrogen-bond donors (Lipinski definition) is 2. The summed E-state index contributed by atoms with van der Waals surface area (Å²) >= 11 is 0. The van der Waals surface area contributed by atoms with Crippen molar-refractivity contribution in [2.45, 2.75) is 38.5 Å². The number of amides is 2. The number of ether oxygens (including phenoxy) is 3. The van der Waals surface area contributed by atoms with Crippen molar-refractivity contribution in [3.05, 3.63) is 23.3 Å². The van der Waals surface area contributed by atoms with Crippen molar-refractivity contribution in [1.82, 2.24) is 10.6 Å². The first kappa shape index (κ1) is 15.5. The van der Waals surface area contributed by atoms with E-state index in [1.165, 1.54) is 0 Å². The molecule has 7 nitrogen and oxygen atoms in total. The van der Waals surface area contributed by atoms with Crippen molar-refractivity contribution in [2.24, 2.45) is 0 Å². The summed E-state index contributed by atoms with van der Waals surface area (Å²) in [5, 5.41) is 5.47. The summed E-state index contributed by atoms with van der Waals surface area (Å²) in [4.78, 5) is 22.9. The number of hydrogen-bond acceptors (Lipinski definition) is 5. The Bertz CT molecular complexity index is 631. The number of methoxy groups -OCH3 is 1. The average Bonchev–Trinajstić information content (AvgIpc) is 3.08. The van der Waals surface area contributed by atoms with Crippen molar-refractivity contribution in [2.75, 3.05) is 13.7 Å². The zero-order chi connectivity index (χ0) is 16.4. The highest BCUT2D eigenvalue weighted by atomic mass is 16.5. The molecule has 1 fully saturated rings. The quantitative estimate of drug-likeness (QED) is 0.812. The lowest BCUT2D eigenvalue weighted by Gasteiger charge is -2.14. The Morgan fingerprint density at radius 1 is 1.39 bits per heavy atom. The molecule has 0 saturated carbocycles. The van der Waals surface area contributed by atoms with Gasteiger partial charge >= 0.3 is 12.0 Å². The summed E-state index contributed by atoms with van der Waals surface area (Å²) in [5.74, 6) is 1.27. The number of rotatable bonds is 4. The predicted molar refractivity (Wildman–Crippen MR) is 81.5 cm³/mol. The number of esters is 1. The van der Waals surface area contributed by atoms with Crippen LogP contribution in [0.15, 0.2) is 12.1 Å². The van der Waals surface area contributed by atoms with Gasteiger partial charge in [-0.05, 0) is 19.1 Å². The van der Waals surface area contributed by atoms with Crippen LogP contribution in [0.1, 0.15) is 24.5 Å². The first-order valence-electron chi connectivity index (χ1n) is 7.61. The third kappa shape index (κ3) is 3.49. The topological polar surface area (TPSA) is 85.9 Å².